The SMILES string of the molecule is C/C=C1\CC2CC1C1C3CC(C(C)C3C)C21.C=CC1CC2CC1C1C3CC(C(C)C3C)C21.CC1C(C)C2CC1C1C3CC(C21)C1(C3)OC1C.CC1C(C)C2CC1C1C3CC(C4C3CC3OC34)C21.CC1C(C)C2CC1C1C3CC(C4CC=CC43)C21.CC1C(C)C2CC1C1C3CC(C4CC=CCC4)C(C3)C21.CC1C(C)C2CC1C1C3CC(C4CCC5OC5C4)C(C3)C21.CC1C(C)C2CC1C1C3CC(C4CO4)C(C3)C21. The lowest BCUT2D eigenvalue weighted by Crippen LogP contribution is -2.42. The molecule has 36 aliphatic carbocycles. The Morgan fingerprint density at radius 2 is 0.662 bits per heavy atom. The number of ether oxygens (including phenoxy) is 4. The number of hydrogen-bond acceptors (Lipinski definition) is 4. The zero-order valence-electron chi connectivity index (χ0n) is 92.9. The predicted molar refractivity (Wildman–Crippen MR) is 570 cm³/mol. The van der Waals surface area contributed by atoms with Crippen molar-refractivity contribution in [2.24, 2.45) is 438 Å². The van der Waals surface area contributed by atoms with E-state index < -0.39 is 0 Å². The molecule has 81 atom stereocenters. The van der Waals surface area contributed by atoms with Crippen LogP contribution in [-0.4, -0.2) is 48.8 Å². The van der Waals surface area contributed by atoms with Crippen LogP contribution in [0.4, 0.5) is 0 Å². The Kier molecular flexibility index (Phi) is 21.0. The van der Waals surface area contributed by atoms with Gasteiger partial charge in [0.25, 0.3) is 0 Å². The van der Waals surface area contributed by atoms with Crippen LogP contribution < -0.4 is 0 Å². The molecule has 4 nitrogen and oxygen atoms in total. The van der Waals surface area contributed by atoms with Crippen molar-refractivity contribution in [3.05, 3.63) is 48.6 Å². The molecule has 4 saturated heterocycles. The molecule has 780 valence electrons. The van der Waals surface area contributed by atoms with Gasteiger partial charge in [-0.25, -0.2) is 0 Å². The molecule has 1 spiro atoms. The molecular weight excluding hydrogens is 1720 g/mol. The first kappa shape index (κ1) is 92.2. The first-order valence-electron chi connectivity index (χ1n) is 66.0. The minimum absolute atomic E-state index is 0.388. The minimum atomic E-state index is 0.388. The van der Waals surface area contributed by atoms with Crippen LogP contribution in [0.5, 0.6) is 0 Å². The highest BCUT2D eigenvalue weighted by Crippen LogP contribution is 2.84. The van der Waals surface area contributed by atoms with Crippen molar-refractivity contribution in [2.75, 3.05) is 6.61 Å². The first-order valence-corrected chi connectivity index (χ1v) is 66.0. The van der Waals surface area contributed by atoms with E-state index in [0.717, 1.165) is 445 Å². The fourth-order valence-corrected chi connectivity index (χ4v) is 59.4. The van der Waals surface area contributed by atoms with E-state index in [2.05, 4.69) is 168 Å². The van der Waals surface area contributed by atoms with Crippen LogP contribution in [0.3, 0.4) is 0 Å². The third-order valence-corrected chi connectivity index (χ3v) is 65.0. The summed E-state index contributed by atoms with van der Waals surface area (Å²) in [6.07, 6.45) is 64.9. The van der Waals surface area contributed by atoms with Gasteiger partial charge in [-0.2, -0.15) is 0 Å². The molecule has 40 rings (SSSR count). The molecule has 34 saturated carbocycles. The number of hydrogen-bond donors (Lipinski definition) is 0. The van der Waals surface area contributed by atoms with Gasteiger partial charge >= 0.3 is 0 Å². The van der Waals surface area contributed by atoms with Gasteiger partial charge in [-0.3, -0.25) is 0 Å². The van der Waals surface area contributed by atoms with Crippen LogP contribution >= 0.6 is 0 Å². The molecule has 32 bridgehead atoms. The zero-order chi connectivity index (χ0) is 95.3. The van der Waals surface area contributed by atoms with Crippen molar-refractivity contribution in [3.8, 4) is 0 Å². The van der Waals surface area contributed by atoms with Crippen LogP contribution in [0.15, 0.2) is 48.6 Å². The summed E-state index contributed by atoms with van der Waals surface area (Å²) in [5, 5.41) is 0. The molecule has 4 heterocycles. The van der Waals surface area contributed by atoms with Crippen molar-refractivity contribution < 1.29 is 18.9 Å². The summed E-state index contributed by atoms with van der Waals surface area (Å²) in [5.74, 6) is 80.1. The quantitative estimate of drug-likeness (QED) is 0.160. The zero-order valence-corrected chi connectivity index (χ0v) is 92.9. The van der Waals surface area contributed by atoms with E-state index in [9.17, 15) is 0 Å². The fraction of sp³-hybridized carbons (Fsp3) is 0.942. The van der Waals surface area contributed by atoms with Crippen LogP contribution in [-0.2, 0) is 18.9 Å². The van der Waals surface area contributed by atoms with Crippen LogP contribution in [0.2, 0.25) is 0 Å². The van der Waals surface area contributed by atoms with Gasteiger partial charge in [-0.05, 0) is 644 Å². The Morgan fingerprint density at radius 3 is 1.14 bits per heavy atom. The van der Waals surface area contributed by atoms with Crippen LogP contribution in [0, 0.1) is 438 Å². The number of fused-ring (bicyclic) bond motifs is 82. The van der Waals surface area contributed by atoms with Gasteiger partial charge in [0.1, 0.15) is 0 Å². The van der Waals surface area contributed by atoms with Gasteiger partial charge in [0.2, 0.25) is 0 Å². The Balaban J connectivity index is 0.0000000718. The van der Waals surface area contributed by atoms with E-state index >= 15 is 0 Å². The molecule has 4 heteroatoms. The third kappa shape index (κ3) is 12.2. The molecule has 0 N–H and O–H groups in total. The summed E-state index contributed by atoms with van der Waals surface area (Å²) in [5.41, 5.74) is 2.22. The van der Waals surface area contributed by atoms with E-state index in [-0.39, 0.29) is 0 Å². The van der Waals surface area contributed by atoms with Gasteiger partial charge < -0.3 is 18.9 Å². The smallest absolute Gasteiger partial charge is 0.0979 e. The Bertz CT molecular complexity index is 4970. The van der Waals surface area contributed by atoms with Gasteiger partial charge in [0, 0.05) is 0 Å². The maximum absolute atomic E-state index is 6.08. The molecule has 4 aliphatic heterocycles. The highest BCUT2D eigenvalue weighted by molar-refractivity contribution is 5.31. The summed E-state index contributed by atoms with van der Waals surface area (Å²) >= 11 is 0. The topological polar surface area (TPSA) is 50.1 Å². The van der Waals surface area contributed by atoms with E-state index in [0.29, 0.717) is 30.0 Å². The largest absolute Gasteiger partial charge is 0.373 e. The molecule has 0 amide bonds. The minimum Gasteiger partial charge on any atom is -0.373 e. The highest BCUT2D eigenvalue weighted by atomic mass is 16.6. The molecule has 81 unspecified atom stereocenters. The van der Waals surface area contributed by atoms with Crippen molar-refractivity contribution in [3.63, 3.8) is 0 Å². The molecule has 38 fully saturated rings. The fourth-order valence-electron chi connectivity index (χ4n) is 59.4. The lowest BCUT2D eigenvalue weighted by Gasteiger charge is -2.45. The van der Waals surface area contributed by atoms with Crippen LogP contribution in [0.1, 0.15) is 317 Å². The van der Waals surface area contributed by atoms with Gasteiger partial charge in [-0.15, -0.1) is 6.58 Å². The van der Waals surface area contributed by atoms with E-state index in [4.69, 9.17) is 18.9 Å². The second-order valence-corrected chi connectivity index (χ2v) is 65.5. The molecule has 40 aliphatic rings. The number of rotatable bonds is 4. The maximum atomic E-state index is 6.08. The molecule has 0 aromatic rings. The summed E-state index contributed by atoms with van der Waals surface area (Å²) < 4.78 is 23.4. The molecule has 0 aromatic carbocycles. The molecule has 142 heavy (non-hydrogen) atoms. The number of epoxide rings is 4. The lowest BCUT2D eigenvalue weighted by atomic mass is 9.59. The summed E-state index contributed by atoms with van der Waals surface area (Å²) in [6.45, 7) is 50.5. The normalized spacial score (nSPS) is 69.6. The number of allylic oxidation sites excluding steroid dienone is 7. The summed E-state index contributed by atoms with van der Waals surface area (Å²) in [6, 6.07) is 0. The standard InChI is InChI=1S/C20H30O.C20H30.C17H24O.C17H24.2C16H24O.2C16H24/c1-9-10(2)14-8-13(9)19-12-5-15(16(6-12)20(14)19)11-3-4-17-18(7-11)21-17;1-11-12(2)16-10-15(11)19-14-8-17(18(9-14)20(16)19)13-6-4-3-5-7-13;1-6-7(2)9-3-8(6)14-10-4-12(15(9)14)16-11(10)5-13-17(16)18-13;1-8-9(2)13-6-12(8)16-14-7-15(17(13)16)11-5-3-4-10(11)14;1-7-8(2)12-5-11(7)14-10-4-13(15(12)14)16(6-10)9(3)17-16;1-7-8(2)11-5-10(7)15-9-3-12(14-6-17-14)13(4-9)16(11)15;2*1-4-10-5-11-6-14(10)16-13-7-12(15(11)16)8(2)9(13)3/h9-20H,3-8H2,1-2H3;3-4,11-20H,5-10H2,1-2H3;6-17H,3-5H2,1-2H3;3-4,8-17H,5-7H2,1-2H3;7-15H,4-6H2,1-3H3;7-16H,3-6H2,1-2H3;4,8-9,11-16H,5-7H2,1-3H3;4,8-16H,1,5-7H2,2-3H3/b;;;;;;10-4+;. The average molecular weight is 1930 g/mol. The van der Waals surface area contributed by atoms with Gasteiger partial charge in [-0.1, -0.05) is 153 Å². The van der Waals surface area contributed by atoms with Gasteiger partial charge in [0.05, 0.1) is 48.8 Å². The highest BCUT2D eigenvalue weighted by Gasteiger charge is 2.80. The molecule has 0 aromatic heterocycles. The maximum Gasteiger partial charge on any atom is 0.0979 e. The van der Waals surface area contributed by atoms with E-state index in [1.165, 1.54) is 95.3 Å². The summed E-state index contributed by atoms with van der Waals surface area (Å²) in [7, 11) is 0. The van der Waals surface area contributed by atoms with Crippen molar-refractivity contribution in [1.82, 2.24) is 0 Å². The van der Waals surface area contributed by atoms with Gasteiger partial charge in [0.15, 0.2) is 0 Å². The van der Waals surface area contributed by atoms with Crippen molar-refractivity contribution in [2.45, 2.75) is 359 Å². The van der Waals surface area contributed by atoms with E-state index in [1.54, 1.807) is 109 Å². The average Bonchev–Trinajstić information content (AvgIpc) is 2.46. The third-order valence-electron chi connectivity index (χ3n) is 65.0. The second-order valence-electron chi connectivity index (χ2n) is 65.5. The lowest BCUT2D eigenvalue weighted by molar-refractivity contribution is 0.00198. The monoisotopic (exact) mass is 1930 g/mol. The van der Waals surface area contributed by atoms with E-state index in [1.807, 2.05) is 5.57 Å². The summed E-state index contributed by atoms with van der Waals surface area (Å²) in [4.78, 5) is 0. The van der Waals surface area contributed by atoms with Crippen LogP contribution in [0.25, 0.3) is 0 Å². The first-order chi connectivity index (χ1) is 68.8. The predicted octanol–water partition coefficient (Wildman–Crippen LogP) is 31.3. The second kappa shape index (κ2) is 32.3. The Morgan fingerprint density at radius 1 is 0.275 bits per heavy atom. The Hall–Kier alpha value is -1.20. The Labute approximate surface area is 865 Å². The van der Waals surface area contributed by atoms with Crippen molar-refractivity contribution >= 4 is 0 Å². The molecular formula is C138H204O4. The van der Waals surface area contributed by atoms with Crippen molar-refractivity contribution in [1.29, 1.82) is 0 Å². The molecule has 0 radical (unpaired) electrons.